The molecule has 6 nitrogen and oxygen atoms in total. The molecule has 1 heterocycles. The second-order valence-corrected chi connectivity index (χ2v) is 3.01. The minimum Gasteiger partial charge on any atom is -0.406 e. The lowest BCUT2D eigenvalue weighted by Gasteiger charge is -2.16. The van der Waals surface area contributed by atoms with Gasteiger partial charge in [-0.2, -0.15) is 5.12 Å². The molecule has 1 aromatic rings. The summed E-state index contributed by atoms with van der Waals surface area (Å²) in [4.78, 5) is 10.7. The standard InChI is InChI=1S/C8H6F3N4O2/c9-8(10,11)17-6-3-1-2-5(4-6)15-13-7(16)12-14-15/h1-4,14H,(H,13,16). The van der Waals surface area contributed by atoms with E-state index in [0.29, 0.717) is 0 Å². The fourth-order valence-electron chi connectivity index (χ4n) is 1.18. The number of nitrogens with zero attached hydrogens (tertiary/aromatic N) is 2. The summed E-state index contributed by atoms with van der Waals surface area (Å²) in [5.74, 6) is -0.391. The molecular formula is C8H6F3N4O2. The van der Waals surface area contributed by atoms with E-state index < -0.39 is 18.1 Å². The van der Waals surface area contributed by atoms with E-state index in [9.17, 15) is 18.0 Å². The van der Waals surface area contributed by atoms with Gasteiger partial charge in [0.15, 0.2) is 0 Å². The Bertz CT molecular complexity index is 437. The van der Waals surface area contributed by atoms with Crippen LogP contribution in [0, 0.1) is 0 Å². The minimum absolute atomic E-state index is 0.251. The Hall–Kier alpha value is -2.16. The number of alkyl halides is 3. The Labute approximate surface area is 93.2 Å². The van der Waals surface area contributed by atoms with Crippen molar-refractivity contribution >= 4 is 11.7 Å². The van der Waals surface area contributed by atoms with Gasteiger partial charge in [0.05, 0.1) is 5.69 Å². The van der Waals surface area contributed by atoms with Gasteiger partial charge in [-0.15, -0.1) is 18.6 Å². The lowest BCUT2D eigenvalue weighted by Crippen LogP contribution is -2.39. The van der Waals surface area contributed by atoms with Crippen LogP contribution in [0.2, 0.25) is 0 Å². The molecule has 1 saturated heterocycles. The second kappa shape index (κ2) is 4.01. The Kier molecular flexibility index (Phi) is 2.68. The highest BCUT2D eigenvalue weighted by Crippen LogP contribution is 2.25. The van der Waals surface area contributed by atoms with E-state index in [1.807, 2.05) is 0 Å². The number of halogens is 3. The molecule has 0 saturated carbocycles. The van der Waals surface area contributed by atoms with Crippen LogP contribution in [0.4, 0.5) is 23.7 Å². The third-order valence-electron chi connectivity index (χ3n) is 1.77. The van der Waals surface area contributed by atoms with E-state index in [1.54, 1.807) is 0 Å². The van der Waals surface area contributed by atoms with Crippen LogP contribution >= 0.6 is 0 Å². The smallest absolute Gasteiger partial charge is 0.406 e. The van der Waals surface area contributed by atoms with E-state index in [0.717, 1.165) is 17.3 Å². The number of carbonyl (C=O) groups excluding carboxylic acids is 1. The topological polar surface area (TPSA) is 67.7 Å². The summed E-state index contributed by atoms with van der Waals surface area (Å²) in [6.45, 7) is 0. The molecule has 0 bridgehead atoms. The van der Waals surface area contributed by atoms with Gasteiger partial charge < -0.3 is 4.74 Å². The highest BCUT2D eigenvalue weighted by atomic mass is 19.4. The molecular weight excluding hydrogens is 241 g/mol. The maximum atomic E-state index is 12.0. The van der Waals surface area contributed by atoms with Crippen molar-refractivity contribution in [2.75, 3.05) is 5.12 Å². The highest BCUT2D eigenvalue weighted by Gasteiger charge is 2.31. The van der Waals surface area contributed by atoms with Gasteiger partial charge in [0.1, 0.15) is 5.75 Å². The third kappa shape index (κ3) is 2.91. The SMILES string of the molecule is O=C1[N]NN(c2cccc(OC(F)(F)F)c2)N1. The van der Waals surface area contributed by atoms with Crippen LogP contribution in [0.25, 0.3) is 0 Å². The molecule has 17 heavy (non-hydrogen) atoms. The van der Waals surface area contributed by atoms with Crippen molar-refractivity contribution in [1.29, 1.82) is 0 Å². The lowest BCUT2D eigenvalue weighted by molar-refractivity contribution is -0.274. The van der Waals surface area contributed by atoms with Gasteiger partial charge in [-0.3, -0.25) is 0 Å². The number of hydrogen-bond acceptors (Lipinski definition) is 4. The zero-order chi connectivity index (χ0) is 12.5. The number of carbonyl (C=O) groups is 1. The average molecular weight is 247 g/mol. The van der Waals surface area contributed by atoms with Crippen LogP contribution in [0.3, 0.4) is 0 Å². The number of anilines is 1. The van der Waals surface area contributed by atoms with Crippen molar-refractivity contribution in [3.8, 4) is 5.75 Å². The van der Waals surface area contributed by atoms with Gasteiger partial charge >= 0.3 is 12.4 Å². The first-order chi connectivity index (χ1) is 7.94. The summed E-state index contributed by atoms with van der Waals surface area (Å²) >= 11 is 0. The maximum Gasteiger partial charge on any atom is 0.573 e. The largest absolute Gasteiger partial charge is 0.573 e. The number of rotatable bonds is 2. The zero-order valence-electron chi connectivity index (χ0n) is 8.15. The predicted octanol–water partition coefficient (Wildman–Crippen LogP) is 1.05. The number of ether oxygens (including phenoxy) is 1. The Morgan fingerprint density at radius 1 is 1.35 bits per heavy atom. The summed E-state index contributed by atoms with van der Waals surface area (Å²) in [7, 11) is 0. The summed E-state index contributed by atoms with van der Waals surface area (Å²) in [6.07, 6.45) is -4.76. The van der Waals surface area contributed by atoms with E-state index >= 15 is 0 Å². The highest BCUT2D eigenvalue weighted by molar-refractivity contribution is 5.77. The summed E-state index contributed by atoms with van der Waals surface area (Å²) in [6, 6.07) is 4.42. The normalized spacial score (nSPS) is 15.5. The number of nitrogens with one attached hydrogen (secondary N) is 2. The van der Waals surface area contributed by atoms with Gasteiger partial charge in [-0.05, 0) is 12.1 Å². The first kappa shape index (κ1) is 11.3. The quantitative estimate of drug-likeness (QED) is 0.819. The van der Waals surface area contributed by atoms with Crippen molar-refractivity contribution in [1.82, 2.24) is 16.4 Å². The van der Waals surface area contributed by atoms with E-state index in [4.69, 9.17) is 0 Å². The van der Waals surface area contributed by atoms with Gasteiger partial charge in [-0.1, -0.05) is 11.6 Å². The number of urea groups is 1. The van der Waals surface area contributed by atoms with Gasteiger partial charge in [0.2, 0.25) is 0 Å². The van der Waals surface area contributed by atoms with Crippen molar-refractivity contribution in [3.63, 3.8) is 0 Å². The minimum atomic E-state index is -4.76. The molecule has 0 unspecified atom stereocenters. The number of benzene rings is 1. The van der Waals surface area contributed by atoms with Crippen molar-refractivity contribution in [2.45, 2.75) is 6.36 Å². The first-order valence-electron chi connectivity index (χ1n) is 4.37. The van der Waals surface area contributed by atoms with Crippen molar-refractivity contribution in [3.05, 3.63) is 24.3 Å². The second-order valence-electron chi connectivity index (χ2n) is 3.01. The fraction of sp³-hybridized carbons (Fsp3) is 0.125. The molecule has 0 aliphatic carbocycles. The van der Waals surface area contributed by atoms with Gasteiger partial charge in [-0.25, -0.2) is 10.2 Å². The molecule has 91 valence electrons. The monoisotopic (exact) mass is 247 g/mol. The molecule has 1 radical (unpaired) electrons. The summed E-state index contributed by atoms with van der Waals surface area (Å²) in [5, 5.41) is 1.06. The van der Waals surface area contributed by atoms with E-state index in [2.05, 4.69) is 21.1 Å². The van der Waals surface area contributed by atoms with Crippen molar-refractivity contribution in [2.24, 2.45) is 0 Å². The number of hydrazine groups is 2. The van der Waals surface area contributed by atoms with E-state index in [1.165, 1.54) is 12.1 Å². The van der Waals surface area contributed by atoms with Crippen LogP contribution in [0.15, 0.2) is 24.3 Å². The summed E-state index contributed by atoms with van der Waals surface area (Å²) in [5.41, 5.74) is 8.03. The molecule has 9 heteroatoms. The van der Waals surface area contributed by atoms with Gasteiger partial charge in [0.25, 0.3) is 0 Å². The van der Waals surface area contributed by atoms with E-state index in [-0.39, 0.29) is 5.69 Å². The number of amides is 2. The molecule has 0 aromatic heterocycles. The maximum absolute atomic E-state index is 12.0. The molecule has 1 fully saturated rings. The van der Waals surface area contributed by atoms with Crippen LogP contribution in [0.1, 0.15) is 0 Å². The molecule has 1 aliphatic rings. The molecule has 1 aromatic carbocycles. The molecule has 0 atom stereocenters. The van der Waals surface area contributed by atoms with Crippen LogP contribution in [-0.4, -0.2) is 12.4 Å². The predicted molar refractivity (Wildman–Crippen MR) is 49.4 cm³/mol. The Morgan fingerprint density at radius 2 is 2.12 bits per heavy atom. The molecule has 1 aliphatic heterocycles. The summed E-state index contributed by atoms with van der Waals surface area (Å²) < 4.78 is 39.6. The zero-order valence-corrected chi connectivity index (χ0v) is 8.15. The van der Waals surface area contributed by atoms with Crippen LogP contribution in [-0.2, 0) is 0 Å². The van der Waals surface area contributed by atoms with Crippen molar-refractivity contribution < 1.29 is 22.7 Å². The number of hydrogen-bond donors (Lipinski definition) is 2. The Morgan fingerprint density at radius 3 is 2.71 bits per heavy atom. The lowest BCUT2D eigenvalue weighted by atomic mass is 10.3. The molecule has 2 amide bonds. The first-order valence-corrected chi connectivity index (χ1v) is 4.37. The van der Waals surface area contributed by atoms with Gasteiger partial charge in [0, 0.05) is 6.07 Å². The van der Waals surface area contributed by atoms with Crippen LogP contribution in [0.5, 0.6) is 5.75 Å². The Balaban J connectivity index is 2.14. The van der Waals surface area contributed by atoms with Crippen LogP contribution < -0.4 is 26.2 Å². The third-order valence-corrected chi connectivity index (χ3v) is 1.77. The fourth-order valence-corrected chi connectivity index (χ4v) is 1.18. The molecule has 0 spiro atoms. The average Bonchev–Trinajstić information content (AvgIpc) is 2.63. The molecule has 2 N–H and O–H groups in total. The molecule has 2 rings (SSSR count).